The summed E-state index contributed by atoms with van der Waals surface area (Å²) in [5, 5.41) is 13.3. The minimum atomic E-state index is 1.17. The Morgan fingerprint density at radius 1 is 0.320 bits per heavy atom. The zero-order valence-corrected chi connectivity index (χ0v) is 27.8. The number of nitrogens with zero attached hydrogens (tertiary/aromatic N) is 1. The molecule has 11 aromatic rings. The fourth-order valence-electron chi connectivity index (χ4n) is 9.07. The largest absolute Gasteiger partial charge is 0.309 e. The van der Waals surface area contributed by atoms with Crippen LogP contribution in [0.3, 0.4) is 0 Å². The molecule has 0 fully saturated rings. The number of benzene rings is 9. The summed E-state index contributed by atoms with van der Waals surface area (Å²) in [6.45, 7) is 0. The minimum absolute atomic E-state index is 1.17. The lowest BCUT2D eigenvalue weighted by atomic mass is 9.94. The van der Waals surface area contributed by atoms with Gasteiger partial charge in [-0.3, -0.25) is 0 Å². The summed E-state index contributed by atoms with van der Waals surface area (Å²) >= 11 is 1.92. The van der Waals surface area contributed by atoms with Crippen LogP contribution >= 0.6 is 11.3 Å². The van der Waals surface area contributed by atoms with E-state index in [-0.39, 0.29) is 0 Å². The van der Waals surface area contributed by atoms with Crippen molar-refractivity contribution in [2.45, 2.75) is 0 Å². The fraction of sp³-hybridized carbons (Fsp3) is 0. The zero-order valence-electron chi connectivity index (χ0n) is 26.9. The second-order valence-electron chi connectivity index (χ2n) is 13.6. The van der Waals surface area contributed by atoms with Crippen molar-refractivity contribution in [1.29, 1.82) is 0 Å². The quantitative estimate of drug-likeness (QED) is 0.164. The van der Waals surface area contributed by atoms with E-state index in [1.54, 1.807) is 0 Å². The standard InChI is InChI=1S/C48H27NS/c1-2-11-32-31(10-1)35-17-9-16-34-30(24-25-36(32)44(34)35)28-20-22-29(23-21-28)49-41-18-7-5-14-39(41)45-42(49)27-26-37-33-12-3-4-13-38(33)48-47(46(37)45)40-15-6-8-19-43(40)50-48/h1-27H. The van der Waals surface area contributed by atoms with E-state index < -0.39 is 0 Å². The van der Waals surface area contributed by atoms with Crippen molar-refractivity contribution < 1.29 is 0 Å². The predicted octanol–water partition coefficient (Wildman–Crippen LogP) is 13.9. The third kappa shape index (κ3) is 3.36. The van der Waals surface area contributed by atoms with Crippen LogP contribution in [-0.2, 0) is 0 Å². The summed E-state index contributed by atoms with van der Waals surface area (Å²) in [5.41, 5.74) is 11.5. The van der Waals surface area contributed by atoms with Gasteiger partial charge in [-0.1, -0.05) is 133 Å². The average molecular weight is 650 g/mol. The second-order valence-corrected chi connectivity index (χ2v) is 14.6. The third-order valence-electron chi connectivity index (χ3n) is 11.1. The normalized spacial score (nSPS) is 12.4. The highest BCUT2D eigenvalue weighted by atomic mass is 32.1. The maximum atomic E-state index is 2.47. The number of hydrogen-bond donors (Lipinski definition) is 0. The number of thiophene rings is 1. The van der Waals surface area contributed by atoms with Crippen LogP contribution in [0.5, 0.6) is 0 Å². The third-order valence-corrected chi connectivity index (χ3v) is 12.3. The summed E-state index contributed by atoms with van der Waals surface area (Å²) in [6, 6.07) is 60.9. The highest BCUT2D eigenvalue weighted by Crippen LogP contribution is 2.50. The number of fused-ring (bicyclic) bond motifs is 15. The molecule has 0 unspecified atom stereocenters. The summed E-state index contributed by atoms with van der Waals surface area (Å²) in [7, 11) is 0. The lowest BCUT2D eigenvalue weighted by molar-refractivity contribution is 1.18. The van der Waals surface area contributed by atoms with E-state index in [4.69, 9.17) is 0 Å². The van der Waals surface area contributed by atoms with Gasteiger partial charge in [0.05, 0.1) is 11.0 Å². The maximum Gasteiger partial charge on any atom is 0.0547 e. The van der Waals surface area contributed by atoms with Gasteiger partial charge in [0.1, 0.15) is 0 Å². The van der Waals surface area contributed by atoms with E-state index in [1.165, 1.54) is 113 Å². The summed E-state index contributed by atoms with van der Waals surface area (Å²) in [6.07, 6.45) is 0. The Morgan fingerprint density at radius 3 is 1.80 bits per heavy atom. The van der Waals surface area contributed by atoms with Crippen LogP contribution in [-0.4, -0.2) is 4.57 Å². The summed E-state index contributed by atoms with van der Waals surface area (Å²) in [4.78, 5) is 0. The number of rotatable bonds is 2. The Labute approximate surface area is 291 Å². The molecule has 0 atom stereocenters. The Balaban J connectivity index is 1.12. The smallest absolute Gasteiger partial charge is 0.0547 e. The highest BCUT2D eigenvalue weighted by molar-refractivity contribution is 7.27. The van der Waals surface area contributed by atoms with Gasteiger partial charge in [0.15, 0.2) is 0 Å². The molecular formula is C48H27NS. The first-order valence-corrected chi connectivity index (χ1v) is 18.1. The molecule has 2 heterocycles. The van der Waals surface area contributed by atoms with Gasteiger partial charge in [-0.15, -0.1) is 11.3 Å². The zero-order chi connectivity index (χ0) is 32.5. The molecule has 1 aliphatic carbocycles. The van der Waals surface area contributed by atoms with Gasteiger partial charge in [0.25, 0.3) is 0 Å². The predicted molar refractivity (Wildman–Crippen MR) is 216 cm³/mol. The van der Waals surface area contributed by atoms with Crippen molar-refractivity contribution in [2.24, 2.45) is 0 Å². The molecule has 0 bridgehead atoms. The van der Waals surface area contributed by atoms with Crippen LogP contribution in [0.1, 0.15) is 0 Å². The molecule has 0 aliphatic heterocycles. The molecular weight excluding hydrogens is 623 g/mol. The molecule has 1 aliphatic rings. The molecule has 9 aromatic carbocycles. The van der Waals surface area contributed by atoms with Gasteiger partial charge >= 0.3 is 0 Å². The molecule has 0 amide bonds. The van der Waals surface area contributed by atoms with Gasteiger partial charge in [0.2, 0.25) is 0 Å². The first kappa shape index (κ1) is 26.7. The Hall–Kier alpha value is -6.22. The molecule has 50 heavy (non-hydrogen) atoms. The van der Waals surface area contributed by atoms with Gasteiger partial charge in [0, 0.05) is 47.4 Å². The van der Waals surface area contributed by atoms with E-state index in [0.29, 0.717) is 0 Å². The van der Waals surface area contributed by atoms with Gasteiger partial charge in [-0.2, -0.15) is 0 Å². The Kier molecular flexibility index (Phi) is 5.18. The van der Waals surface area contributed by atoms with E-state index in [0.717, 1.165) is 0 Å². The van der Waals surface area contributed by atoms with Crippen LogP contribution in [0.15, 0.2) is 164 Å². The van der Waals surface area contributed by atoms with Gasteiger partial charge in [-0.05, 0) is 85.3 Å². The maximum absolute atomic E-state index is 2.47. The van der Waals surface area contributed by atoms with Crippen molar-refractivity contribution in [1.82, 2.24) is 4.57 Å². The van der Waals surface area contributed by atoms with Crippen LogP contribution < -0.4 is 0 Å². The number of para-hydroxylation sites is 1. The van der Waals surface area contributed by atoms with Crippen LogP contribution in [0.25, 0.3) is 113 Å². The minimum Gasteiger partial charge on any atom is -0.309 e. The van der Waals surface area contributed by atoms with Gasteiger partial charge < -0.3 is 4.57 Å². The average Bonchev–Trinajstić information content (AvgIpc) is 3.84. The van der Waals surface area contributed by atoms with Crippen molar-refractivity contribution in [3.8, 4) is 39.1 Å². The Bertz CT molecular complexity index is 3220. The molecule has 0 saturated heterocycles. The van der Waals surface area contributed by atoms with E-state index in [2.05, 4.69) is 168 Å². The fourth-order valence-corrected chi connectivity index (χ4v) is 10.3. The molecule has 1 nitrogen and oxygen atoms in total. The van der Waals surface area contributed by atoms with Crippen molar-refractivity contribution >= 4 is 85.6 Å². The van der Waals surface area contributed by atoms with E-state index in [9.17, 15) is 0 Å². The van der Waals surface area contributed by atoms with E-state index in [1.807, 2.05) is 11.3 Å². The number of aromatic nitrogens is 1. The molecule has 12 rings (SSSR count). The SMILES string of the molecule is c1ccc2c(c1)-c1cccc3c(-c4ccc(-n5c6ccccc6c6c7c(ccc65)c5ccccc5c5sc6ccccc6c57)cc4)ccc-2c13. The van der Waals surface area contributed by atoms with Crippen molar-refractivity contribution in [3.05, 3.63) is 164 Å². The molecule has 2 heteroatoms. The van der Waals surface area contributed by atoms with Crippen LogP contribution in [0, 0.1) is 0 Å². The first-order chi connectivity index (χ1) is 24.8. The van der Waals surface area contributed by atoms with E-state index >= 15 is 0 Å². The van der Waals surface area contributed by atoms with Crippen molar-refractivity contribution in [2.75, 3.05) is 0 Å². The van der Waals surface area contributed by atoms with Crippen molar-refractivity contribution in [3.63, 3.8) is 0 Å². The second kappa shape index (κ2) is 9.69. The molecule has 0 spiro atoms. The van der Waals surface area contributed by atoms with Gasteiger partial charge in [-0.25, -0.2) is 0 Å². The first-order valence-electron chi connectivity index (χ1n) is 17.3. The summed E-state index contributed by atoms with van der Waals surface area (Å²) < 4.78 is 5.17. The van der Waals surface area contributed by atoms with Crippen LogP contribution in [0.2, 0.25) is 0 Å². The molecule has 230 valence electrons. The van der Waals surface area contributed by atoms with Crippen LogP contribution in [0.4, 0.5) is 0 Å². The lowest BCUT2D eigenvalue weighted by Gasteiger charge is -2.13. The summed E-state index contributed by atoms with van der Waals surface area (Å²) in [5.74, 6) is 0. The lowest BCUT2D eigenvalue weighted by Crippen LogP contribution is -1.94. The molecule has 2 aromatic heterocycles. The monoisotopic (exact) mass is 649 g/mol. The topological polar surface area (TPSA) is 4.93 Å². The highest BCUT2D eigenvalue weighted by Gasteiger charge is 2.23. The number of hydrogen-bond acceptors (Lipinski definition) is 1. The molecule has 0 N–H and O–H groups in total. The Morgan fingerprint density at radius 2 is 0.960 bits per heavy atom. The molecule has 0 radical (unpaired) electrons. The molecule has 0 saturated carbocycles.